The van der Waals surface area contributed by atoms with Crippen LogP contribution in [0.3, 0.4) is 0 Å². The molecule has 0 aliphatic rings. The van der Waals surface area contributed by atoms with Gasteiger partial charge in [0.1, 0.15) is 11.5 Å². The number of hydrogen-bond acceptors (Lipinski definition) is 6. The average Bonchev–Trinajstić information content (AvgIpc) is 3.31. The van der Waals surface area contributed by atoms with Crippen molar-refractivity contribution in [2.45, 2.75) is 20.8 Å². The van der Waals surface area contributed by atoms with Gasteiger partial charge in [-0.1, -0.05) is 38.1 Å². The second-order valence-corrected chi connectivity index (χ2v) is 8.72. The smallest absolute Gasteiger partial charge is 0.336 e. The summed E-state index contributed by atoms with van der Waals surface area (Å²) in [7, 11) is 3.08. The van der Waals surface area contributed by atoms with Crippen LogP contribution in [-0.4, -0.2) is 41.5 Å². The molecule has 1 heterocycles. The number of nitrogens with zero attached hydrogens (tertiary/aromatic N) is 3. The lowest BCUT2D eigenvalue weighted by Crippen LogP contribution is -2.13. The second-order valence-electron chi connectivity index (χ2n) is 8.72. The third-order valence-electron chi connectivity index (χ3n) is 5.54. The number of hydrogen-bond donors (Lipinski definition) is 1. The highest BCUT2D eigenvalue weighted by Gasteiger charge is 2.18. The first-order valence-electron chi connectivity index (χ1n) is 11.7. The Morgan fingerprint density at radius 2 is 1.75 bits per heavy atom. The van der Waals surface area contributed by atoms with Crippen molar-refractivity contribution in [3.05, 3.63) is 77.9 Å². The number of amides is 1. The Labute approximate surface area is 210 Å². The number of methoxy groups -OCH3 is 2. The molecule has 0 fully saturated rings. The summed E-state index contributed by atoms with van der Waals surface area (Å²) in [6.07, 6.45) is 0. The van der Waals surface area contributed by atoms with E-state index in [4.69, 9.17) is 14.2 Å². The topological polar surface area (TPSA) is 87.5 Å². The van der Waals surface area contributed by atoms with E-state index in [0.29, 0.717) is 47.1 Å². The molecular weight excluding hydrogens is 456 g/mol. The molecule has 0 unspecified atom stereocenters. The van der Waals surface area contributed by atoms with Gasteiger partial charge in [0, 0.05) is 17.3 Å². The normalized spacial score (nSPS) is 10.8. The van der Waals surface area contributed by atoms with Gasteiger partial charge in [0.05, 0.1) is 32.1 Å². The fraction of sp³-hybridized carbons (Fsp3) is 0.250. The lowest BCUT2D eigenvalue weighted by molar-refractivity contribution is 0.102. The first-order chi connectivity index (χ1) is 17.4. The van der Waals surface area contributed by atoms with Crippen LogP contribution in [0.25, 0.3) is 17.1 Å². The summed E-state index contributed by atoms with van der Waals surface area (Å²) in [6, 6.07) is 20.8. The molecule has 1 aromatic heterocycles. The summed E-state index contributed by atoms with van der Waals surface area (Å²) in [5.41, 5.74) is 3.88. The van der Waals surface area contributed by atoms with Crippen molar-refractivity contribution in [2.75, 3.05) is 26.1 Å². The Morgan fingerprint density at radius 1 is 1.00 bits per heavy atom. The van der Waals surface area contributed by atoms with Crippen molar-refractivity contribution >= 4 is 11.6 Å². The summed E-state index contributed by atoms with van der Waals surface area (Å²) in [4.78, 5) is 17.5. The Balaban J connectivity index is 1.61. The second kappa shape index (κ2) is 10.9. The maximum absolute atomic E-state index is 12.9. The highest BCUT2D eigenvalue weighted by molar-refractivity contribution is 6.06. The number of aryl methyl sites for hydroxylation is 1. The lowest BCUT2D eigenvalue weighted by Gasteiger charge is -2.12. The van der Waals surface area contributed by atoms with Gasteiger partial charge in [-0.25, -0.2) is 4.68 Å². The molecule has 8 nitrogen and oxygen atoms in total. The SMILES string of the molecule is COc1ccc(C(=O)Nc2ccc(-n3nc(OCC(C)C)nc3-c3ccccc3C)cc2)c(OC)c1. The van der Waals surface area contributed by atoms with Crippen LogP contribution in [0, 0.1) is 12.8 Å². The standard InChI is InChI=1S/C28H30N4O4/c1-18(2)17-36-28-30-26(23-9-7-6-8-19(23)3)32(31-28)21-12-10-20(11-13-21)29-27(33)24-15-14-22(34-4)16-25(24)35-5/h6-16,18H,17H2,1-5H3,(H,29,33). The van der Waals surface area contributed by atoms with E-state index in [9.17, 15) is 4.79 Å². The van der Waals surface area contributed by atoms with Gasteiger partial charge in [-0.15, -0.1) is 5.10 Å². The first kappa shape index (κ1) is 24.8. The number of nitrogens with one attached hydrogen (secondary N) is 1. The predicted molar refractivity (Wildman–Crippen MR) is 139 cm³/mol. The van der Waals surface area contributed by atoms with Crippen LogP contribution < -0.4 is 19.5 Å². The average molecular weight is 487 g/mol. The molecule has 0 aliphatic heterocycles. The maximum atomic E-state index is 12.9. The maximum Gasteiger partial charge on any atom is 0.336 e. The molecule has 0 radical (unpaired) electrons. The van der Waals surface area contributed by atoms with Crippen LogP contribution in [0.4, 0.5) is 5.69 Å². The Kier molecular flexibility index (Phi) is 7.53. The minimum absolute atomic E-state index is 0.284. The largest absolute Gasteiger partial charge is 0.497 e. The molecule has 4 aromatic rings. The van der Waals surface area contributed by atoms with Gasteiger partial charge in [-0.05, 0) is 54.8 Å². The zero-order chi connectivity index (χ0) is 25.7. The zero-order valence-electron chi connectivity index (χ0n) is 21.1. The van der Waals surface area contributed by atoms with Crippen molar-refractivity contribution in [1.82, 2.24) is 14.8 Å². The number of aromatic nitrogens is 3. The fourth-order valence-electron chi connectivity index (χ4n) is 3.64. The van der Waals surface area contributed by atoms with E-state index in [0.717, 1.165) is 16.8 Å². The van der Waals surface area contributed by atoms with Gasteiger partial charge < -0.3 is 19.5 Å². The molecular formula is C28H30N4O4. The van der Waals surface area contributed by atoms with Crippen molar-refractivity contribution in [3.63, 3.8) is 0 Å². The lowest BCUT2D eigenvalue weighted by atomic mass is 10.1. The van der Waals surface area contributed by atoms with Crippen LogP contribution in [0.1, 0.15) is 29.8 Å². The van der Waals surface area contributed by atoms with E-state index in [1.165, 1.54) is 7.11 Å². The Hall–Kier alpha value is -4.33. The van der Waals surface area contributed by atoms with Crippen LogP contribution in [0.15, 0.2) is 66.7 Å². The van der Waals surface area contributed by atoms with E-state index in [1.54, 1.807) is 30.0 Å². The predicted octanol–water partition coefficient (Wildman–Crippen LogP) is 5.55. The summed E-state index contributed by atoms with van der Waals surface area (Å²) in [5.74, 6) is 1.80. The highest BCUT2D eigenvalue weighted by Crippen LogP contribution is 2.28. The van der Waals surface area contributed by atoms with Crippen LogP contribution in [0.2, 0.25) is 0 Å². The van der Waals surface area contributed by atoms with Crippen LogP contribution >= 0.6 is 0 Å². The molecule has 1 amide bonds. The van der Waals surface area contributed by atoms with Crippen molar-refractivity contribution < 1.29 is 19.0 Å². The monoisotopic (exact) mass is 486 g/mol. The number of anilines is 1. The van der Waals surface area contributed by atoms with E-state index in [-0.39, 0.29) is 5.91 Å². The molecule has 0 saturated heterocycles. The van der Waals surface area contributed by atoms with Gasteiger partial charge in [0.15, 0.2) is 5.82 Å². The third kappa shape index (κ3) is 5.49. The summed E-state index contributed by atoms with van der Waals surface area (Å²) in [6.45, 7) is 6.72. The van der Waals surface area contributed by atoms with E-state index < -0.39 is 0 Å². The number of ether oxygens (including phenoxy) is 3. The van der Waals surface area contributed by atoms with E-state index in [2.05, 4.69) is 29.2 Å². The van der Waals surface area contributed by atoms with Gasteiger partial charge >= 0.3 is 6.01 Å². The Morgan fingerprint density at radius 3 is 2.42 bits per heavy atom. The number of rotatable bonds is 9. The van der Waals surface area contributed by atoms with Gasteiger partial charge in [-0.3, -0.25) is 4.79 Å². The van der Waals surface area contributed by atoms with Crippen LogP contribution in [0.5, 0.6) is 17.5 Å². The first-order valence-corrected chi connectivity index (χ1v) is 11.7. The molecule has 0 atom stereocenters. The number of carbonyl (C=O) groups is 1. The zero-order valence-corrected chi connectivity index (χ0v) is 21.1. The van der Waals surface area contributed by atoms with Crippen molar-refractivity contribution in [3.8, 4) is 34.6 Å². The molecule has 0 saturated carbocycles. The number of carbonyl (C=O) groups excluding carboxylic acids is 1. The van der Waals surface area contributed by atoms with Crippen LogP contribution in [-0.2, 0) is 0 Å². The minimum atomic E-state index is -0.284. The summed E-state index contributed by atoms with van der Waals surface area (Å²) in [5, 5.41) is 7.53. The summed E-state index contributed by atoms with van der Waals surface area (Å²) >= 11 is 0. The molecule has 36 heavy (non-hydrogen) atoms. The summed E-state index contributed by atoms with van der Waals surface area (Å²) < 4.78 is 18.1. The van der Waals surface area contributed by atoms with Gasteiger partial charge in [0.2, 0.25) is 0 Å². The van der Waals surface area contributed by atoms with Crippen molar-refractivity contribution in [1.29, 1.82) is 0 Å². The molecule has 3 aromatic carbocycles. The fourth-order valence-corrected chi connectivity index (χ4v) is 3.64. The Bertz CT molecular complexity index is 1350. The quantitative estimate of drug-likeness (QED) is 0.334. The molecule has 0 bridgehead atoms. The molecule has 8 heteroatoms. The number of benzene rings is 3. The third-order valence-corrected chi connectivity index (χ3v) is 5.54. The van der Waals surface area contributed by atoms with Crippen molar-refractivity contribution in [2.24, 2.45) is 5.92 Å². The molecule has 4 rings (SSSR count). The van der Waals surface area contributed by atoms with E-state index >= 15 is 0 Å². The van der Waals surface area contributed by atoms with E-state index in [1.807, 2.05) is 55.5 Å². The van der Waals surface area contributed by atoms with Gasteiger partial charge in [-0.2, -0.15) is 4.98 Å². The molecule has 1 N–H and O–H groups in total. The molecule has 0 aliphatic carbocycles. The molecule has 186 valence electrons. The molecule has 0 spiro atoms. The highest BCUT2D eigenvalue weighted by atomic mass is 16.5. The minimum Gasteiger partial charge on any atom is -0.497 e. The van der Waals surface area contributed by atoms with Gasteiger partial charge in [0.25, 0.3) is 5.91 Å².